The first-order valence-electron chi connectivity index (χ1n) is 7.66. The van der Waals surface area contributed by atoms with Crippen LogP contribution in [0.4, 0.5) is 5.95 Å². The maximum Gasteiger partial charge on any atom is 0.203 e. The van der Waals surface area contributed by atoms with Crippen LogP contribution < -0.4 is 5.32 Å². The fourth-order valence-electron chi connectivity index (χ4n) is 3.28. The van der Waals surface area contributed by atoms with Gasteiger partial charge in [0.25, 0.3) is 0 Å². The lowest BCUT2D eigenvalue weighted by molar-refractivity contribution is 0.0654. The summed E-state index contributed by atoms with van der Waals surface area (Å²) in [6.07, 6.45) is 12.9. The van der Waals surface area contributed by atoms with Gasteiger partial charge >= 0.3 is 0 Å². The van der Waals surface area contributed by atoms with Crippen molar-refractivity contribution in [3.8, 4) is 0 Å². The monoisotopic (exact) mass is 263 g/mol. The minimum absolute atomic E-state index is 0.135. The SMILES string of the molecule is CC1(Nc2nccn2C2CCCCC2)CCOCC1. The molecule has 1 aromatic heterocycles. The zero-order valence-electron chi connectivity index (χ0n) is 11.9. The van der Waals surface area contributed by atoms with Gasteiger partial charge in [-0.3, -0.25) is 0 Å². The number of aromatic nitrogens is 2. The Hall–Kier alpha value is -1.03. The highest BCUT2D eigenvalue weighted by Crippen LogP contribution is 2.32. The van der Waals surface area contributed by atoms with E-state index in [0.29, 0.717) is 6.04 Å². The molecule has 106 valence electrons. The first kappa shape index (κ1) is 13.0. The number of nitrogens with zero attached hydrogens (tertiary/aromatic N) is 2. The van der Waals surface area contributed by atoms with Crippen molar-refractivity contribution in [2.24, 2.45) is 0 Å². The van der Waals surface area contributed by atoms with Crippen LogP contribution in [-0.4, -0.2) is 28.3 Å². The van der Waals surface area contributed by atoms with Gasteiger partial charge in [0.15, 0.2) is 0 Å². The molecule has 0 spiro atoms. The van der Waals surface area contributed by atoms with Crippen LogP contribution in [0.3, 0.4) is 0 Å². The van der Waals surface area contributed by atoms with Gasteiger partial charge < -0.3 is 14.6 Å². The molecular formula is C15H25N3O. The zero-order chi connectivity index (χ0) is 13.1. The molecule has 2 fully saturated rings. The first-order chi connectivity index (χ1) is 9.27. The van der Waals surface area contributed by atoms with Gasteiger partial charge in [0.1, 0.15) is 0 Å². The van der Waals surface area contributed by atoms with Gasteiger partial charge in [-0.1, -0.05) is 19.3 Å². The Bertz CT molecular complexity index is 403. The summed E-state index contributed by atoms with van der Waals surface area (Å²) in [7, 11) is 0. The van der Waals surface area contributed by atoms with Crippen molar-refractivity contribution in [1.29, 1.82) is 0 Å². The Kier molecular flexibility index (Phi) is 3.78. The summed E-state index contributed by atoms with van der Waals surface area (Å²) in [5.74, 6) is 1.05. The lowest BCUT2D eigenvalue weighted by Gasteiger charge is -2.36. The molecule has 3 rings (SSSR count). The van der Waals surface area contributed by atoms with Gasteiger partial charge in [-0.2, -0.15) is 0 Å². The Morgan fingerprint density at radius 2 is 2.00 bits per heavy atom. The minimum Gasteiger partial charge on any atom is -0.381 e. The third-order valence-corrected chi connectivity index (χ3v) is 4.65. The van der Waals surface area contributed by atoms with Crippen LogP contribution in [0.25, 0.3) is 0 Å². The molecule has 4 heteroatoms. The molecule has 1 aromatic rings. The van der Waals surface area contributed by atoms with Crippen molar-refractivity contribution in [1.82, 2.24) is 9.55 Å². The fraction of sp³-hybridized carbons (Fsp3) is 0.800. The minimum atomic E-state index is 0.135. The summed E-state index contributed by atoms with van der Waals surface area (Å²) in [6, 6.07) is 0.641. The van der Waals surface area contributed by atoms with E-state index < -0.39 is 0 Å². The molecule has 0 bridgehead atoms. The first-order valence-corrected chi connectivity index (χ1v) is 7.66. The number of nitrogens with one attached hydrogen (secondary N) is 1. The topological polar surface area (TPSA) is 39.1 Å². The van der Waals surface area contributed by atoms with Crippen LogP contribution in [0.5, 0.6) is 0 Å². The summed E-state index contributed by atoms with van der Waals surface area (Å²) in [4.78, 5) is 4.54. The number of hydrogen-bond acceptors (Lipinski definition) is 3. The average molecular weight is 263 g/mol. The van der Waals surface area contributed by atoms with Gasteiger partial charge in [-0.05, 0) is 32.6 Å². The zero-order valence-corrected chi connectivity index (χ0v) is 11.9. The molecule has 4 nitrogen and oxygen atoms in total. The molecule has 0 aromatic carbocycles. The quantitative estimate of drug-likeness (QED) is 0.908. The van der Waals surface area contributed by atoms with Crippen molar-refractivity contribution < 1.29 is 4.74 Å². The van der Waals surface area contributed by atoms with E-state index in [9.17, 15) is 0 Å². The van der Waals surface area contributed by atoms with E-state index in [4.69, 9.17) is 4.74 Å². The number of rotatable bonds is 3. The second kappa shape index (κ2) is 5.53. The molecule has 0 amide bonds. The van der Waals surface area contributed by atoms with Crippen molar-refractivity contribution in [3.05, 3.63) is 12.4 Å². The van der Waals surface area contributed by atoms with E-state index >= 15 is 0 Å². The van der Waals surface area contributed by atoms with Crippen LogP contribution in [0.1, 0.15) is 57.9 Å². The molecule has 0 radical (unpaired) electrons. The normalized spacial score (nSPS) is 24.3. The molecule has 0 atom stereocenters. The van der Waals surface area contributed by atoms with E-state index in [-0.39, 0.29) is 5.54 Å². The smallest absolute Gasteiger partial charge is 0.203 e. The Labute approximate surface area is 115 Å². The third kappa shape index (κ3) is 2.94. The van der Waals surface area contributed by atoms with E-state index in [1.165, 1.54) is 32.1 Å². The van der Waals surface area contributed by atoms with Gasteiger partial charge in [0.2, 0.25) is 5.95 Å². The lowest BCUT2D eigenvalue weighted by atomic mass is 9.92. The predicted molar refractivity (Wildman–Crippen MR) is 76.4 cm³/mol. The standard InChI is InChI=1S/C15H25N3O/c1-15(7-11-19-12-8-15)17-14-16-9-10-18(14)13-5-3-2-4-6-13/h9-10,13H,2-8,11-12H2,1H3,(H,16,17). The summed E-state index contributed by atoms with van der Waals surface area (Å²) in [5, 5.41) is 3.67. The molecule has 19 heavy (non-hydrogen) atoms. The highest BCUT2D eigenvalue weighted by Gasteiger charge is 2.29. The Morgan fingerprint density at radius 3 is 2.74 bits per heavy atom. The van der Waals surface area contributed by atoms with Crippen molar-refractivity contribution in [2.75, 3.05) is 18.5 Å². The van der Waals surface area contributed by atoms with Gasteiger partial charge in [0, 0.05) is 37.2 Å². The van der Waals surface area contributed by atoms with E-state index in [1.807, 2.05) is 6.20 Å². The second-order valence-corrected chi connectivity index (χ2v) is 6.25. The Morgan fingerprint density at radius 1 is 1.26 bits per heavy atom. The molecule has 1 saturated heterocycles. The highest BCUT2D eigenvalue weighted by molar-refractivity contribution is 5.31. The summed E-state index contributed by atoms with van der Waals surface area (Å²) in [5.41, 5.74) is 0.135. The molecule has 2 heterocycles. The lowest BCUT2D eigenvalue weighted by Crippen LogP contribution is -2.41. The molecule has 0 unspecified atom stereocenters. The van der Waals surface area contributed by atoms with Crippen LogP contribution in [0.15, 0.2) is 12.4 Å². The summed E-state index contributed by atoms with van der Waals surface area (Å²) >= 11 is 0. The fourth-order valence-corrected chi connectivity index (χ4v) is 3.28. The highest BCUT2D eigenvalue weighted by atomic mass is 16.5. The van der Waals surface area contributed by atoms with Crippen molar-refractivity contribution >= 4 is 5.95 Å². The number of anilines is 1. The molecular weight excluding hydrogens is 238 g/mol. The summed E-state index contributed by atoms with van der Waals surface area (Å²) < 4.78 is 7.82. The van der Waals surface area contributed by atoms with Crippen molar-refractivity contribution in [3.63, 3.8) is 0 Å². The largest absolute Gasteiger partial charge is 0.381 e. The molecule has 1 saturated carbocycles. The maximum atomic E-state index is 5.46. The van der Waals surface area contributed by atoms with E-state index in [1.54, 1.807) is 0 Å². The molecule has 1 aliphatic carbocycles. The maximum absolute atomic E-state index is 5.46. The molecule has 2 aliphatic rings. The van der Waals surface area contributed by atoms with Gasteiger partial charge in [0.05, 0.1) is 0 Å². The van der Waals surface area contributed by atoms with Crippen molar-refractivity contribution in [2.45, 2.75) is 63.5 Å². The van der Waals surface area contributed by atoms with E-state index in [0.717, 1.165) is 32.0 Å². The van der Waals surface area contributed by atoms with Crippen LogP contribution >= 0.6 is 0 Å². The number of ether oxygens (including phenoxy) is 1. The average Bonchev–Trinajstić information content (AvgIpc) is 2.88. The van der Waals surface area contributed by atoms with Crippen LogP contribution in [-0.2, 0) is 4.74 Å². The molecule has 1 N–H and O–H groups in total. The van der Waals surface area contributed by atoms with Crippen LogP contribution in [0.2, 0.25) is 0 Å². The van der Waals surface area contributed by atoms with Gasteiger partial charge in [-0.25, -0.2) is 4.98 Å². The summed E-state index contributed by atoms with van der Waals surface area (Å²) in [6.45, 7) is 4.00. The predicted octanol–water partition coefficient (Wildman–Crippen LogP) is 3.37. The molecule has 1 aliphatic heterocycles. The van der Waals surface area contributed by atoms with Crippen LogP contribution in [0, 0.1) is 0 Å². The second-order valence-electron chi connectivity index (χ2n) is 6.25. The number of hydrogen-bond donors (Lipinski definition) is 1. The van der Waals surface area contributed by atoms with Gasteiger partial charge in [-0.15, -0.1) is 0 Å². The third-order valence-electron chi connectivity index (χ3n) is 4.65. The van der Waals surface area contributed by atoms with E-state index in [2.05, 4.69) is 28.0 Å². The Balaban J connectivity index is 1.72. The number of imidazole rings is 1.